The van der Waals surface area contributed by atoms with E-state index in [1.165, 1.54) is 0 Å². The molecule has 2 unspecified atom stereocenters. The van der Waals surface area contributed by atoms with Gasteiger partial charge in [-0.25, -0.2) is 4.79 Å². The zero-order valence-corrected chi connectivity index (χ0v) is 14.7. The van der Waals surface area contributed by atoms with Crippen LogP contribution in [0.1, 0.15) is 24.2 Å². The lowest BCUT2D eigenvalue weighted by atomic mass is 9.92. The van der Waals surface area contributed by atoms with E-state index in [1.54, 1.807) is 69.5 Å². The fourth-order valence-corrected chi connectivity index (χ4v) is 2.50. The van der Waals surface area contributed by atoms with Crippen LogP contribution >= 0.6 is 0 Å². The fraction of sp³-hybridized carbons (Fsp3) is 0.300. The van der Waals surface area contributed by atoms with E-state index in [0.29, 0.717) is 17.0 Å². The molecule has 2 aromatic carbocycles. The molecule has 0 aromatic heterocycles. The Labute approximate surface area is 148 Å². The SMILES string of the molecule is CCOC(=O)C(Nc1ccc(OC)cc1)C(C)C(=O)c1ccccc1. The second-order valence-electron chi connectivity index (χ2n) is 5.62. The van der Waals surface area contributed by atoms with Gasteiger partial charge in [-0.3, -0.25) is 4.79 Å². The maximum Gasteiger partial charge on any atom is 0.329 e. The molecule has 0 heterocycles. The monoisotopic (exact) mass is 341 g/mol. The third kappa shape index (κ3) is 4.83. The molecular formula is C20H23NO4. The van der Waals surface area contributed by atoms with Crippen molar-refractivity contribution in [1.29, 1.82) is 0 Å². The normalized spacial score (nSPS) is 12.8. The van der Waals surface area contributed by atoms with Gasteiger partial charge < -0.3 is 14.8 Å². The molecule has 0 aliphatic carbocycles. The van der Waals surface area contributed by atoms with Gasteiger partial charge in [-0.1, -0.05) is 37.3 Å². The van der Waals surface area contributed by atoms with Crippen molar-refractivity contribution >= 4 is 17.4 Å². The summed E-state index contributed by atoms with van der Waals surface area (Å²) in [5.41, 5.74) is 1.28. The van der Waals surface area contributed by atoms with E-state index >= 15 is 0 Å². The topological polar surface area (TPSA) is 64.6 Å². The smallest absolute Gasteiger partial charge is 0.329 e. The molecule has 0 fully saturated rings. The zero-order valence-electron chi connectivity index (χ0n) is 14.7. The van der Waals surface area contributed by atoms with Crippen LogP contribution in [0.25, 0.3) is 0 Å². The number of hydrogen-bond acceptors (Lipinski definition) is 5. The van der Waals surface area contributed by atoms with E-state index < -0.39 is 17.9 Å². The van der Waals surface area contributed by atoms with E-state index in [9.17, 15) is 9.59 Å². The summed E-state index contributed by atoms with van der Waals surface area (Å²) in [5, 5.41) is 3.11. The summed E-state index contributed by atoms with van der Waals surface area (Å²) in [6.45, 7) is 3.73. The van der Waals surface area contributed by atoms with Crippen molar-refractivity contribution in [3.8, 4) is 5.75 Å². The summed E-state index contributed by atoms with van der Waals surface area (Å²) in [6, 6.07) is 15.3. The van der Waals surface area contributed by atoms with Crippen molar-refractivity contribution in [1.82, 2.24) is 0 Å². The van der Waals surface area contributed by atoms with Crippen molar-refractivity contribution in [2.45, 2.75) is 19.9 Å². The van der Waals surface area contributed by atoms with Crippen LogP contribution in [0, 0.1) is 5.92 Å². The molecule has 2 atom stereocenters. The first-order chi connectivity index (χ1) is 12.1. The van der Waals surface area contributed by atoms with Crippen LogP contribution in [-0.2, 0) is 9.53 Å². The molecule has 0 amide bonds. The molecule has 1 N–H and O–H groups in total. The fourth-order valence-electron chi connectivity index (χ4n) is 2.50. The van der Waals surface area contributed by atoms with Gasteiger partial charge in [0.25, 0.3) is 0 Å². The molecule has 0 aliphatic heterocycles. The molecule has 0 radical (unpaired) electrons. The minimum Gasteiger partial charge on any atom is -0.497 e. The minimum absolute atomic E-state index is 0.111. The number of anilines is 1. The number of ketones is 1. The van der Waals surface area contributed by atoms with Crippen LogP contribution in [0.15, 0.2) is 54.6 Å². The van der Waals surface area contributed by atoms with Gasteiger partial charge in [-0.05, 0) is 31.2 Å². The highest BCUT2D eigenvalue weighted by atomic mass is 16.5. The van der Waals surface area contributed by atoms with Gasteiger partial charge in [-0.15, -0.1) is 0 Å². The van der Waals surface area contributed by atoms with Crippen molar-refractivity contribution in [2.24, 2.45) is 5.92 Å². The predicted octanol–water partition coefficient (Wildman–Crippen LogP) is 3.56. The van der Waals surface area contributed by atoms with Gasteiger partial charge in [0.05, 0.1) is 19.6 Å². The summed E-state index contributed by atoms with van der Waals surface area (Å²) >= 11 is 0. The van der Waals surface area contributed by atoms with Crippen LogP contribution < -0.4 is 10.1 Å². The van der Waals surface area contributed by atoms with Crippen LogP contribution in [0.2, 0.25) is 0 Å². The minimum atomic E-state index is -0.777. The third-order valence-corrected chi connectivity index (χ3v) is 3.92. The lowest BCUT2D eigenvalue weighted by Gasteiger charge is -2.23. The number of hydrogen-bond donors (Lipinski definition) is 1. The van der Waals surface area contributed by atoms with Gasteiger partial charge in [0.15, 0.2) is 5.78 Å². The number of benzene rings is 2. The highest BCUT2D eigenvalue weighted by Crippen LogP contribution is 2.21. The Balaban J connectivity index is 2.22. The molecule has 2 aromatic rings. The largest absolute Gasteiger partial charge is 0.497 e. The maximum atomic E-state index is 12.7. The van der Waals surface area contributed by atoms with Crippen molar-refractivity contribution in [3.05, 3.63) is 60.2 Å². The first-order valence-electron chi connectivity index (χ1n) is 8.23. The summed E-state index contributed by atoms with van der Waals surface area (Å²) in [5.74, 6) is -0.426. The predicted molar refractivity (Wildman–Crippen MR) is 97.0 cm³/mol. The molecule has 5 nitrogen and oxygen atoms in total. The van der Waals surface area contributed by atoms with Crippen LogP contribution in [0.5, 0.6) is 5.75 Å². The number of nitrogens with one attached hydrogen (secondary N) is 1. The van der Waals surface area contributed by atoms with Crippen LogP contribution in [-0.4, -0.2) is 31.5 Å². The second-order valence-corrected chi connectivity index (χ2v) is 5.62. The van der Waals surface area contributed by atoms with Gasteiger partial charge in [0, 0.05) is 11.3 Å². The second kappa shape index (κ2) is 8.87. The Morgan fingerprint density at radius 3 is 2.24 bits per heavy atom. The lowest BCUT2D eigenvalue weighted by molar-refractivity contribution is -0.144. The summed E-state index contributed by atoms with van der Waals surface area (Å²) in [6.07, 6.45) is 0. The highest BCUT2D eigenvalue weighted by molar-refractivity contribution is 6.01. The molecule has 25 heavy (non-hydrogen) atoms. The first-order valence-corrected chi connectivity index (χ1v) is 8.23. The number of carbonyl (C=O) groups excluding carboxylic acids is 2. The van der Waals surface area contributed by atoms with Crippen molar-refractivity contribution in [3.63, 3.8) is 0 Å². The molecule has 0 saturated heterocycles. The Bertz CT molecular complexity index is 697. The molecule has 132 valence electrons. The third-order valence-electron chi connectivity index (χ3n) is 3.92. The van der Waals surface area contributed by atoms with Crippen LogP contribution in [0.4, 0.5) is 5.69 Å². The zero-order chi connectivity index (χ0) is 18.2. The number of Topliss-reactive ketones (excluding diaryl/α,β-unsaturated/α-hetero) is 1. The molecule has 0 saturated carbocycles. The summed E-state index contributed by atoms with van der Waals surface area (Å²) < 4.78 is 10.3. The highest BCUT2D eigenvalue weighted by Gasteiger charge is 2.32. The van der Waals surface area contributed by atoms with Crippen molar-refractivity contribution in [2.75, 3.05) is 19.0 Å². The summed E-state index contributed by atoms with van der Waals surface area (Å²) in [7, 11) is 1.59. The Kier molecular flexibility index (Phi) is 6.57. The standard InChI is InChI=1S/C20H23NO4/c1-4-25-20(23)18(21-16-10-12-17(24-3)13-11-16)14(2)19(22)15-8-6-5-7-9-15/h5-14,18,21H,4H2,1-3H3. The van der Waals surface area contributed by atoms with E-state index in [-0.39, 0.29) is 12.4 Å². The Morgan fingerprint density at radius 1 is 1.04 bits per heavy atom. The average Bonchev–Trinajstić information content (AvgIpc) is 2.66. The van der Waals surface area contributed by atoms with Gasteiger partial charge in [0.2, 0.25) is 0 Å². The molecular weight excluding hydrogens is 318 g/mol. The van der Waals surface area contributed by atoms with Crippen LogP contribution in [0.3, 0.4) is 0 Å². The molecule has 0 aliphatic rings. The first kappa shape index (κ1) is 18.5. The lowest BCUT2D eigenvalue weighted by Crippen LogP contribution is -2.40. The molecule has 0 bridgehead atoms. The van der Waals surface area contributed by atoms with E-state index in [2.05, 4.69) is 5.32 Å². The van der Waals surface area contributed by atoms with Crippen molar-refractivity contribution < 1.29 is 19.1 Å². The number of rotatable bonds is 8. The van der Waals surface area contributed by atoms with Gasteiger partial charge in [-0.2, -0.15) is 0 Å². The Morgan fingerprint density at radius 2 is 1.68 bits per heavy atom. The number of esters is 1. The quantitative estimate of drug-likeness (QED) is 0.587. The molecule has 2 rings (SSSR count). The average molecular weight is 341 g/mol. The number of ether oxygens (including phenoxy) is 2. The summed E-state index contributed by atoms with van der Waals surface area (Å²) in [4.78, 5) is 25.1. The number of carbonyl (C=O) groups is 2. The van der Waals surface area contributed by atoms with Gasteiger partial charge in [0.1, 0.15) is 11.8 Å². The van der Waals surface area contributed by atoms with E-state index in [4.69, 9.17) is 9.47 Å². The van der Waals surface area contributed by atoms with E-state index in [0.717, 1.165) is 0 Å². The van der Waals surface area contributed by atoms with Gasteiger partial charge >= 0.3 is 5.97 Å². The Hall–Kier alpha value is -2.82. The maximum absolute atomic E-state index is 12.7. The molecule has 5 heteroatoms. The van der Waals surface area contributed by atoms with E-state index in [1.807, 2.05) is 6.07 Å². The number of methoxy groups -OCH3 is 1. The molecule has 0 spiro atoms.